The summed E-state index contributed by atoms with van der Waals surface area (Å²) in [6, 6.07) is 6.51. The lowest BCUT2D eigenvalue weighted by Gasteiger charge is -2.16. The molecule has 0 N–H and O–H groups in total. The Hall–Kier alpha value is -2.09. The van der Waals surface area contributed by atoms with Crippen molar-refractivity contribution in [2.45, 2.75) is 46.5 Å². The third-order valence-electron chi connectivity index (χ3n) is 3.96. The molecule has 0 atom stereocenters. The molecular weight excluding hydrogens is 292 g/mol. The number of rotatable bonds is 7. The SMILES string of the molecule is C=C(\C=C/C=C(C)/C=N/c1c(C(C)C)cccc1C(C)C)N(C)C. The number of hydrogen-bond acceptors (Lipinski definition) is 2. The van der Waals surface area contributed by atoms with Gasteiger partial charge in [-0.3, -0.25) is 4.99 Å². The summed E-state index contributed by atoms with van der Waals surface area (Å²) >= 11 is 0. The minimum atomic E-state index is 0.462. The van der Waals surface area contributed by atoms with Crippen LogP contribution in [-0.2, 0) is 0 Å². The number of aliphatic imine (C=N–C) groups is 1. The van der Waals surface area contributed by atoms with Gasteiger partial charge in [0.1, 0.15) is 0 Å². The first-order chi connectivity index (χ1) is 11.2. The molecule has 0 aliphatic rings. The molecule has 0 bridgehead atoms. The van der Waals surface area contributed by atoms with Crippen molar-refractivity contribution in [2.75, 3.05) is 14.1 Å². The van der Waals surface area contributed by atoms with Gasteiger partial charge in [-0.05, 0) is 41.5 Å². The molecule has 130 valence electrons. The van der Waals surface area contributed by atoms with Crippen LogP contribution in [0.2, 0.25) is 0 Å². The Kier molecular flexibility index (Phi) is 7.70. The second-order valence-electron chi connectivity index (χ2n) is 7.01. The third-order valence-corrected chi connectivity index (χ3v) is 3.96. The highest BCUT2D eigenvalue weighted by Gasteiger charge is 2.12. The van der Waals surface area contributed by atoms with E-state index in [2.05, 4.69) is 65.5 Å². The maximum atomic E-state index is 4.82. The number of hydrogen-bond donors (Lipinski definition) is 0. The van der Waals surface area contributed by atoms with Crippen LogP contribution < -0.4 is 0 Å². The minimum Gasteiger partial charge on any atom is -0.378 e. The Bertz CT molecular complexity index is 618. The maximum Gasteiger partial charge on any atom is 0.0698 e. The maximum absolute atomic E-state index is 4.82. The summed E-state index contributed by atoms with van der Waals surface area (Å²) in [5, 5.41) is 0. The Balaban J connectivity index is 3.07. The lowest BCUT2D eigenvalue weighted by molar-refractivity contribution is 0.532. The summed E-state index contributed by atoms with van der Waals surface area (Å²) in [7, 11) is 3.97. The normalized spacial score (nSPS) is 12.8. The summed E-state index contributed by atoms with van der Waals surface area (Å²) in [5.74, 6) is 0.923. The van der Waals surface area contributed by atoms with E-state index >= 15 is 0 Å². The van der Waals surface area contributed by atoms with Crippen LogP contribution in [0.15, 0.2) is 59.3 Å². The Morgan fingerprint density at radius 2 is 1.62 bits per heavy atom. The van der Waals surface area contributed by atoms with E-state index in [9.17, 15) is 0 Å². The molecule has 0 radical (unpaired) electrons. The average molecular weight is 325 g/mol. The van der Waals surface area contributed by atoms with Gasteiger partial charge in [0.05, 0.1) is 5.69 Å². The smallest absolute Gasteiger partial charge is 0.0698 e. The molecule has 0 fully saturated rings. The highest BCUT2D eigenvalue weighted by molar-refractivity contribution is 5.82. The molecule has 1 rings (SSSR count). The zero-order valence-electron chi connectivity index (χ0n) is 16.3. The molecule has 0 amide bonds. The number of benzene rings is 1. The van der Waals surface area contributed by atoms with Gasteiger partial charge >= 0.3 is 0 Å². The van der Waals surface area contributed by atoms with Gasteiger partial charge < -0.3 is 4.90 Å². The molecule has 0 spiro atoms. The number of allylic oxidation sites excluding steroid dienone is 4. The minimum absolute atomic E-state index is 0.462. The zero-order valence-corrected chi connectivity index (χ0v) is 16.3. The lowest BCUT2D eigenvalue weighted by Crippen LogP contribution is -2.07. The van der Waals surface area contributed by atoms with Crippen LogP contribution in [-0.4, -0.2) is 25.2 Å². The van der Waals surface area contributed by atoms with E-state index in [4.69, 9.17) is 4.99 Å². The summed E-state index contributed by atoms with van der Waals surface area (Å²) in [6.07, 6.45) is 8.03. The van der Waals surface area contributed by atoms with Gasteiger partial charge in [0.25, 0.3) is 0 Å². The molecule has 1 aromatic rings. The van der Waals surface area contributed by atoms with Crippen LogP contribution in [0, 0.1) is 0 Å². The molecule has 0 saturated carbocycles. The Labute approximate surface area is 148 Å². The highest BCUT2D eigenvalue weighted by Crippen LogP contribution is 2.34. The molecular formula is C22H32N2. The Morgan fingerprint density at radius 3 is 2.08 bits per heavy atom. The van der Waals surface area contributed by atoms with Crippen LogP contribution in [0.3, 0.4) is 0 Å². The zero-order chi connectivity index (χ0) is 18.3. The van der Waals surface area contributed by atoms with Crippen molar-refractivity contribution in [3.8, 4) is 0 Å². The second-order valence-corrected chi connectivity index (χ2v) is 7.01. The van der Waals surface area contributed by atoms with E-state index in [0.29, 0.717) is 11.8 Å². The predicted octanol–water partition coefficient (Wildman–Crippen LogP) is 6.21. The first-order valence-electron chi connectivity index (χ1n) is 8.62. The molecule has 0 saturated heterocycles. The fourth-order valence-electron chi connectivity index (χ4n) is 2.33. The van der Waals surface area contributed by atoms with Gasteiger partial charge in [0, 0.05) is 26.0 Å². The van der Waals surface area contributed by atoms with Gasteiger partial charge in [-0.15, -0.1) is 0 Å². The number of likely N-dealkylation sites (N-methyl/N-ethyl adjacent to an activating group) is 1. The van der Waals surface area contributed by atoms with Crippen LogP contribution in [0.25, 0.3) is 0 Å². The molecule has 0 aromatic heterocycles. The quantitative estimate of drug-likeness (QED) is 0.430. The molecule has 24 heavy (non-hydrogen) atoms. The van der Waals surface area contributed by atoms with Crippen molar-refractivity contribution in [1.82, 2.24) is 4.90 Å². The van der Waals surface area contributed by atoms with Gasteiger partial charge in [0.2, 0.25) is 0 Å². The van der Waals surface area contributed by atoms with Crippen molar-refractivity contribution in [1.29, 1.82) is 0 Å². The van der Waals surface area contributed by atoms with Gasteiger partial charge in [-0.25, -0.2) is 0 Å². The van der Waals surface area contributed by atoms with Crippen LogP contribution >= 0.6 is 0 Å². The first kappa shape index (κ1) is 20.0. The average Bonchev–Trinajstić information content (AvgIpc) is 2.51. The third kappa shape index (κ3) is 5.84. The number of nitrogens with zero attached hydrogens (tertiary/aromatic N) is 2. The van der Waals surface area contributed by atoms with E-state index in [1.165, 1.54) is 11.1 Å². The molecule has 0 aliphatic carbocycles. The van der Waals surface area contributed by atoms with E-state index in [1.807, 2.05) is 37.4 Å². The van der Waals surface area contributed by atoms with E-state index < -0.39 is 0 Å². The van der Waals surface area contributed by atoms with Gasteiger partial charge in [-0.2, -0.15) is 0 Å². The summed E-state index contributed by atoms with van der Waals surface area (Å²) in [6.45, 7) is 14.9. The van der Waals surface area contributed by atoms with Crippen molar-refractivity contribution in [3.05, 3.63) is 65.4 Å². The van der Waals surface area contributed by atoms with Crippen molar-refractivity contribution in [2.24, 2.45) is 4.99 Å². The number of para-hydroxylation sites is 1. The summed E-state index contributed by atoms with van der Waals surface area (Å²) < 4.78 is 0. The van der Waals surface area contributed by atoms with Crippen molar-refractivity contribution in [3.63, 3.8) is 0 Å². The monoisotopic (exact) mass is 324 g/mol. The first-order valence-corrected chi connectivity index (χ1v) is 8.62. The molecule has 2 heteroatoms. The predicted molar refractivity (Wildman–Crippen MR) is 108 cm³/mol. The summed E-state index contributed by atoms with van der Waals surface area (Å²) in [4.78, 5) is 6.81. The highest BCUT2D eigenvalue weighted by atomic mass is 15.1. The molecule has 0 aliphatic heterocycles. The molecule has 2 nitrogen and oxygen atoms in total. The molecule has 0 heterocycles. The van der Waals surface area contributed by atoms with Crippen LogP contribution in [0.1, 0.15) is 57.6 Å². The molecule has 0 unspecified atom stereocenters. The van der Waals surface area contributed by atoms with Crippen LogP contribution in [0.4, 0.5) is 5.69 Å². The van der Waals surface area contributed by atoms with Crippen molar-refractivity contribution < 1.29 is 0 Å². The Morgan fingerprint density at radius 1 is 1.08 bits per heavy atom. The molecule has 1 aromatic carbocycles. The van der Waals surface area contributed by atoms with E-state index in [0.717, 1.165) is 17.0 Å². The fraction of sp³-hybridized carbons (Fsp3) is 0.409. The topological polar surface area (TPSA) is 15.6 Å². The summed E-state index contributed by atoms with van der Waals surface area (Å²) in [5.41, 5.74) is 5.83. The van der Waals surface area contributed by atoms with Gasteiger partial charge in [-0.1, -0.05) is 64.6 Å². The van der Waals surface area contributed by atoms with E-state index in [1.54, 1.807) is 0 Å². The van der Waals surface area contributed by atoms with Crippen molar-refractivity contribution >= 4 is 11.9 Å². The second kappa shape index (κ2) is 9.27. The lowest BCUT2D eigenvalue weighted by atomic mass is 9.93. The van der Waals surface area contributed by atoms with Gasteiger partial charge in [0.15, 0.2) is 0 Å². The largest absolute Gasteiger partial charge is 0.378 e. The standard InChI is InChI=1S/C22H32N2/c1-16(2)20-13-10-14-21(17(3)4)22(20)23-15-18(5)11-9-12-19(6)24(7)8/h9-17H,6H2,1-5,7-8H3/b12-9-,18-11+,23-15+. The fourth-order valence-corrected chi connectivity index (χ4v) is 2.33. The van der Waals surface area contributed by atoms with Crippen LogP contribution in [0.5, 0.6) is 0 Å². The van der Waals surface area contributed by atoms with E-state index in [-0.39, 0.29) is 0 Å².